The van der Waals surface area contributed by atoms with E-state index in [4.69, 9.17) is 5.73 Å². The maximum atomic E-state index is 13.8. The lowest BCUT2D eigenvalue weighted by Crippen LogP contribution is -2.34. The number of nitrogens with zero attached hydrogens (tertiary/aromatic N) is 1. The van der Waals surface area contributed by atoms with Crippen molar-refractivity contribution in [2.45, 2.75) is 40.2 Å². The van der Waals surface area contributed by atoms with Crippen LogP contribution in [-0.2, 0) is 0 Å². The average molecular weight is 280 g/mol. The van der Waals surface area contributed by atoms with Crippen LogP contribution in [0.25, 0.3) is 0 Å². The van der Waals surface area contributed by atoms with Gasteiger partial charge >= 0.3 is 0 Å². The first kappa shape index (κ1) is 17.1. The fraction of sp³-hybridized carbons (Fsp3) is 0.647. The van der Waals surface area contributed by atoms with Crippen LogP contribution in [0.2, 0.25) is 0 Å². The van der Waals surface area contributed by atoms with Crippen molar-refractivity contribution < 1.29 is 4.39 Å². The lowest BCUT2D eigenvalue weighted by molar-refractivity contribution is 0.184. The largest absolute Gasteiger partial charge is 0.330 e. The molecule has 0 aliphatic rings. The van der Waals surface area contributed by atoms with Crippen molar-refractivity contribution in [1.82, 2.24) is 4.90 Å². The maximum Gasteiger partial charge on any atom is 0.127 e. The molecule has 0 fully saturated rings. The van der Waals surface area contributed by atoms with Gasteiger partial charge < -0.3 is 5.73 Å². The molecule has 0 aromatic heterocycles. The Bertz CT molecular complexity index is 412. The van der Waals surface area contributed by atoms with E-state index in [0.29, 0.717) is 12.5 Å². The first-order valence-corrected chi connectivity index (χ1v) is 7.39. The van der Waals surface area contributed by atoms with Crippen LogP contribution in [-0.4, -0.2) is 25.0 Å². The van der Waals surface area contributed by atoms with Crippen LogP contribution in [0.1, 0.15) is 45.7 Å². The fourth-order valence-electron chi connectivity index (χ4n) is 2.71. The smallest absolute Gasteiger partial charge is 0.127 e. The molecule has 0 radical (unpaired) electrons. The summed E-state index contributed by atoms with van der Waals surface area (Å²) in [5.41, 5.74) is 6.92. The van der Waals surface area contributed by atoms with E-state index >= 15 is 0 Å². The Morgan fingerprint density at radius 1 is 1.25 bits per heavy atom. The molecule has 0 saturated carbocycles. The minimum atomic E-state index is -0.132. The normalized spacial score (nSPS) is 15.4. The number of hydrogen-bond acceptors (Lipinski definition) is 2. The van der Waals surface area contributed by atoms with Gasteiger partial charge in [-0.2, -0.15) is 0 Å². The van der Waals surface area contributed by atoms with E-state index in [0.717, 1.165) is 18.5 Å². The van der Waals surface area contributed by atoms with Crippen LogP contribution in [0, 0.1) is 17.2 Å². The summed E-state index contributed by atoms with van der Waals surface area (Å²) in [6.07, 6.45) is 1.08. The average Bonchev–Trinajstić information content (AvgIpc) is 2.36. The standard InChI is InChI=1S/C17H29FN2/c1-13(15-8-6-7-9-16(15)18)20(5)12-14(11-19)10-17(2,3)4/h6-9,13-14H,10-12,19H2,1-5H3. The second-order valence-electron chi connectivity index (χ2n) is 7.00. The summed E-state index contributed by atoms with van der Waals surface area (Å²) in [4.78, 5) is 2.20. The summed E-state index contributed by atoms with van der Waals surface area (Å²) >= 11 is 0. The van der Waals surface area contributed by atoms with Gasteiger partial charge in [0.1, 0.15) is 5.82 Å². The van der Waals surface area contributed by atoms with Crippen molar-refractivity contribution >= 4 is 0 Å². The van der Waals surface area contributed by atoms with Gasteiger partial charge in [0.25, 0.3) is 0 Å². The molecule has 0 spiro atoms. The quantitative estimate of drug-likeness (QED) is 0.858. The Kier molecular flexibility index (Phi) is 6.15. The van der Waals surface area contributed by atoms with Crippen LogP contribution >= 0.6 is 0 Å². The van der Waals surface area contributed by atoms with Crippen molar-refractivity contribution in [2.24, 2.45) is 17.1 Å². The molecule has 0 aliphatic carbocycles. The highest BCUT2D eigenvalue weighted by Gasteiger charge is 2.22. The van der Waals surface area contributed by atoms with E-state index in [-0.39, 0.29) is 17.3 Å². The van der Waals surface area contributed by atoms with Gasteiger partial charge in [-0.25, -0.2) is 4.39 Å². The molecular formula is C17H29FN2. The summed E-state index contributed by atoms with van der Waals surface area (Å²) in [7, 11) is 2.04. The van der Waals surface area contributed by atoms with Crippen LogP contribution < -0.4 is 5.73 Å². The topological polar surface area (TPSA) is 29.3 Å². The molecule has 0 saturated heterocycles. The van der Waals surface area contributed by atoms with Crippen LogP contribution in [0.5, 0.6) is 0 Å². The van der Waals surface area contributed by atoms with Crippen molar-refractivity contribution in [3.05, 3.63) is 35.6 Å². The number of benzene rings is 1. The Hall–Kier alpha value is -0.930. The maximum absolute atomic E-state index is 13.8. The highest BCUT2D eigenvalue weighted by Crippen LogP contribution is 2.27. The van der Waals surface area contributed by atoms with Gasteiger partial charge in [-0.3, -0.25) is 4.90 Å². The van der Waals surface area contributed by atoms with E-state index in [1.165, 1.54) is 6.07 Å². The molecule has 0 heterocycles. The molecule has 2 unspecified atom stereocenters. The lowest BCUT2D eigenvalue weighted by atomic mass is 9.84. The van der Waals surface area contributed by atoms with E-state index < -0.39 is 0 Å². The molecule has 2 N–H and O–H groups in total. The SMILES string of the molecule is CC(c1ccccc1F)N(C)CC(CN)CC(C)(C)C. The summed E-state index contributed by atoms with van der Waals surface area (Å²) in [6.45, 7) is 10.3. The van der Waals surface area contributed by atoms with Crippen molar-refractivity contribution in [1.29, 1.82) is 0 Å². The first-order chi connectivity index (χ1) is 9.24. The summed E-state index contributed by atoms with van der Waals surface area (Å²) in [6, 6.07) is 7.06. The fourth-order valence-corrected chi connectivity index (χ4v) is 2.71. The molecule has 0 aliphatic heterocycles. The third-order valence-corrected chi connectivity index (χ3v) is 3.80. The number of nitrogens with two attached hydrogens (primary N) is 1. The second-order valence-corrected chi connectivity index (χ2v) is 7.00. The predicted molar refractivity (Wildman–Crippen MR) is 84.1 cm³/mol. The molecule has 0 amide bonds. The lowest BCUT2D eigenvalue weighted by Gasteiger charge is -2.32. The molecule has 0 bridgehead atoms. The molecule has 2 nitrogen and oxygen atoms in total. The molecule has 1 aromatic carbocycles. The van der Waals surface area contributed by atoms with Gasteiger partial charge in [-0.15, -0.1) is 0 Å². The van der Waals surface area contributed by atoms with Crippen molar-refractivity contribution in [2.75, 3.05) is 20.1 Å². The van der Waals surface area contributed by atoms with Gasteiger partial charge in [0.05, 0.1) is 0 Å². The molecule has 1 aromatic rings. The summed E-state index contributed by atoms with van der Waals surface area (Å²) in [5.74, 6) is 0.307. The van der Waals surface area contributed by atoms with Crippen molar-refractivity contribution in [3.8, 4) is 0 Å². The third-order valence-electron chi connectivity index (χ3n) is 3.80. The highest BCUT2D eigenvalue weighted by atomic mass is 19.1. The Morgan fingerprint density at radius 2 is 1.85 bits per heavy atom. The zero-order valence-electron chi connectivity index (χ0n) is 13.5. The number of halogens is 1. The van der Waals surface area contributed by atoms with Gasteiger partial charge in [0.2, 0.25) is 0 Å². The summed E-state index contributed by atoms with van der Waals surface area (Å²) < 4.78 is 13.8. The van der Waals surface area contributed by atoms with Gasteiger partial charge in [-0.05, 0) is 44.3 Å². The Morgan fingerprint density at radius 3 is 2.35 bits per heavy atom. The summed E-state index contributed by atoms with van der Waals surface area (Å²) in [5, 5.41) is 0. The van der Waals surface area contributed by atoms with Gasteiger partial charge in [0.15, 0.2) is 0 Å². The zero-order valence-corrected chi connectivity index (χ0v) is 13.5. The van der Waals surface area contributed by atoms with Gasteiger partial charge in [0, 0.05) is 18.2 Å². The van der Waals surface area contributed by atoms with Crippen molar-refractivity contribution in [3.63, 3.8) is 0 Å². The first-order valence-electron chi connectivity index (χ1n) is 7.39. The van der Waals surface area contributed by atoms with Crippen LogP contribution in [0.15, 0.2) is 24.3 Å². The molecule has 114 valence electrons. The molecular weight excluding hydrogens is 251 g/mol. The Balaban J connectivity index is 2.69. The van der Waals surface area contributed by atoms with E-state index in [1.54, 1.807) is 6.07 Å². The minimum absolute atomic E-state index is 0.0604. The van der Waals surface area contributed by atoms with E-state index in [9.17, 15) is 4.39 Å². The van der Waals surface area contributed by atoms with Crippen LogP contribution in [0.4, 0.5) is 4.39 Å². The Labute approximate surface area is 123 Å². The highest BCUT2D eigenvalue weighted by molar-refractivity contribution is 5.20. The number of rotatable bonds is 6. The monoisotopic (exact) mass is 280 g/mol. The predicted octanol–water partition coefficient (Wildman–Crippen LogP) is 3.83. The molecule has 20 heavy (non-hydrogen) atoms. The zero-order chi connectivity index (χ0) is 15.3. The molecule has 2 atom stereocenters. The number of hydrogen-bond donors (Lipinski definition) is 1. The molecule has 1 rings (SSSR count). The second kappa shape index (κ2) is 7.19. The van der Waals surface area contributed by atoms with E-state index in [2.05, 4.69) is 25.7 Å². The third kappa shape index (κ3) is 5.22. The van der Waals surface area contributed by atoms with E-state index in [1.807, 2.05) is 26.1 Å². The minimum Gasteiger partial charge on any atom is -0.330 e. The van der Waals surface area contributed by atoms with Gasteiger partial charge in [-0.1, -0.05) is 39.0 Å². The van der Waals surface area contributed by atoms with Crippen LogP contribution in [0.3, 0.4) is 0 Å². The molecule has 3 heteroatoms.